The average Bonchev–Trinajstić information content (AvgIpc) is 3.33. The van der Waals surface area contributed by atoms with Gasteiger partial charge in [0.05, 0.1) is 17.6 Å². The summed E-state index contributed by atoms with van der Waals surface area (Å²) in [5, 5.41) is 0. The monoisotopic (exact) mass is 597 g/mol. The molecule has 4 rings (SSSR count). The van der Waals surface area contributed by atoms with Crippen molar-refractivity contribution in [3.8, 4) is 0 Å². The number of fused-ring (bicyclic) bond motifs is 1. The Morgan fingerprint density at radius 1 is 1.08 bits per heavy atom. The van der Waals surface area contributed by atoms with E-state index >= 15 is 0 Å². The summed E-state index contributed by atoms with van der Waals surface area (Å²) < 4.78 is 3.38. The molecule has 0 bridgehead atoms. The van der Waals surface area contributed by atoms with Crippen molar-refractivity contribution in [2.24, 2.45) is 22.4 Å². The summed E-state index contributed by atoms with van der Waals surface area (Å²) in [4.78, 5) is 27.0. The number of amides is 1. The Balaban J connectivity index is 0.000000983. The average molecular weight is 599 g/mol. The van der Waals surface area contributed by atoms with E-state index in [0.29, 0.717) is 18.5 Å². The van der Waals surface area contributed by atoms with Gasteiger partial charge in [-0.25, -0.2) is 4.98 Å². The van der Waals surface area contributed by atoms with E-state index in [1.165, 1.54) is 6.20 Å². The van der Waals surface area contributed by atoms with Gasteiger partial charge in [0.15, 0.2) is 0 Å². The molecule has 0 atom stereocenters. The topological polar surface area (TPSA) is 106 Å². The quantitative estimate of drug-likeness (QED) is 0.260. The standard InChI is InChI=1S/C26H36BrN7O.C4H8/c1-2-30-17-25-31-23-15-21(27)3-4-24(23)34(25)22-8-13-33(14-9-22)26(35)20-6-11-32(12-7-20)18-19(16-29)5-10-28;1-3-4-2/h2-5,10,15-16,20,22H,6-9,11-14,17-18,28-29H2,1H3;3-4H,1-2H3/b10-5-,19-16+,30-2?;4-3-. The molecule has 212 valence electrons. The molecule has 0 aliphatic carbocycles. The van der Waals surface area contributed by atoms with Crippen molar-refractivity contribution >= 4 is 39.1 Å². The summed E-state index contributed by atoms with van der Waals surface area (Å²) >= 11 is 3.56. The van der Waals surface area contributed by atoms with Gasteiger partial charge in [-0.15, -0.1) is 0 Å². The Labute approximate surface area is 241 Å². The second-order valence-electron chi connectivity index (χ2n) is 10.0. The van der Waals surface area contributed by atoms with E-state index in [9.17, 15) is 4.79 Å². The molecule has 39 heavy (non-hydrogen) atoms. The Kier molecular flexibility index (Phi) is 12.3. The van der Waals surface area contributed by atoms with Crippen molar-refractivity contribution in [3.05, 3.63) is 64.7 Å². The van der Waals surface area contributed by atoms with Crippen LogP contribution in [0.2, 0.25) is 0 Å². The number of likely N-dealkylation sites (tertiary alicyclic amines) is 2. The van der Waals surface area contributed by atoms with Crippen LogP contribution in [0, 0.1) is 5.92 Å². The molecule has 2 fully saturated rings. The number of hydrogen-bond donors (Lipinski definition) is 2. The number of nitrogens with zero attached hydrogens (tertiary/aromatic N) is 5. The largest absolute Gasteiger partial charge is 0.405 e. The van der Waals surface area contributed by atoms with Crippen LogP contribution in [0.5, 0.6) is 0 Å². The van der Waals surface area contributed by atoms with Crippen LogP contribution < -0.4 is 11.5 Å². The minimum absolute atomic E-state index is 0.110. The van der Waals surface area contributed by atoms with Crippen molar-refractivity contribution in [3.63, 3.8) is 0 Å². The lowest BCUT2D eigenvalue weighted by molar-refractivity contribution is -0.138. The summed E-state index contributed by atoms with van der Waals surface area (Å²) in [6.07, 6.45) is 14.4. The first kappa shape index (κ1) is 30.6. The van der Waals surface area contributed by atoms with E-state index in [-0.39, 0.29) is 5.92 Å². The molecule has 2 aliphatic rings. The number of halogens is 1. The summed E-state index contributed by atoms with van der Waals surface area (Å²) in [6.45, 7) is 10.7. The van der Waals surface area contributed by atoms with Crippen molar-refractivity contribution in [2.45, 2.75) is 59.0 Å². The molecule has 4 N–H and O–H groups in total. The Hall–Kier alpha value is -2.91. The van der Waals surface area contributed by atoms with Crippen molar-refractivity contribution in [1.82, 2.24) is 19.4 Å². The number of piperidine rings is 2. The summed E-state index contributed by atoms with van der Waals surface area (Å²) in [6, 6.07) is 6.59. The smallest absolute Gasteiger partial charge is 0.225 e. The van der Waals surface area contributed by atoms with Crippen LogP contribution in [-0.2, 0) is 11.3 Å². The van der Waals surface area contributed by atoms with Crippen molar-refractivity contribution < 1.29 is 4.79 Å². The third-order valence-corrected chi connectivity index (χ3v) is 7.98. The molecule has 2 aromatic rings. The highest BCUT2D eigenvalue weighted by Crippen LogP contribution is 2.32. The number of carbonyl (C=O) groups excluding carboxylic acids is 1. The van der Waals surface area contributed by atoms with Crippen LogP contribution in [0.25, 0.3) is 11.0 Å². The summed E-state index contributed by atoms with van der Waals surface area (Å²) in [5.74, 6) is 1.41. The molecular weight excluding hydrogens is 554 g/mol. The zero-order valence-electron chi connectivity index (χ0n) is 23.6. The van der Waals surface area contributed by atoms with Crippen LogP contribution in [0.3, 0.4) is 0 Å². The number of nitrogens with two attached hydrogens (primary N) is 2. The molecular formula is C30H44BrN7O. The van der Waals surface area contributed by atoms with Crippen molar-refractivity contribution in [2.75, 3.05) is 32.7 Å². The van der Waals surface area contributed by atoms with Gasteiger partial charge >= 0.3 is 0 Å². The molecule has 0 saturated carbocycles. The SMILES string of the molecule is C/C=C\C.CC=NCc1nc2cc(Br)ccc2n1C1CCN(C(=O)C2CCN(CC(/C=C\N)=C/N)CC2)CC1. The minimum atomic E-state index is 0.110. The third kappa shape index (κ3) is 8.29. The maximum Gasteiger partial charge on any atom is 0.225 e. The number of aliphatic imine (C=N–C) groups is 1. The highest BCUT2D eigenvalue weighted by molar-refractivity contribution is 9.10. The van der Waals surface area contributed by atoms with Crippen molar-refractivity contribution in [1.29, 1.82) is 0 Å². The predicted octanol–water partition coefficient (Wildman–Crippen LogP) is 5.16. The first-order valence-electron chi connectivity index (χ1n) is 13.9. The highest BCUT2D eigenvalue weighted by Gasteiger charge is 2.32. The molecule has 9 heteroatoms. The number of carbonyl (C=O) groups is 1. The van der Waals surface area contributed by atoms with Gasteiger partial charge in [-0.3, -0.25) is 14.7 Å². The molecule has 1 amide bonds. The first-order chi connectivity index (χ1) is 18.9. The maximum atomic E-state index is 13.3. The molecule has 1 aromatic carbocycles. The first-order valence-corrected chi connectivity index (χ1v) is 14.7. The summed E-state index contributed by atoms with van der Waals surface area (Å²) in [5.41, 5.74) is 14.3. The number of aromatic nitrogens is 2. The van der Waals surface area contributed by atoms with E-state index in [2.05, 4.69) is 53.5 Å². The molecule has 0 unspecified atom stereocenters. The van der Waals surface area contributed by atoms with Gasteiger partial charge in [0.25, 0.3) is 0 Å². The fraction of sp³-hybridized carbons (Fsp3) is 0.500. The number of benzene rings is 1. The van der Waals surface area contributed by atoms with Crippen LogP contribution >= 0.6 is 15.9 Å². The molecule has 0 radical (unpaired) electrons. The van der Waals surface area contributed by atoms with Crippen LogP contribution in [0.1, 0.15) is 58.3 Å². The number of hydrogen-bond acceptors (Lipinski definition) is 6. The second kappa shape index (κ2) is 15.6. The van der Waals surface area contributed by atoms with E-state index in [0.717, 1.165) is 85.3 Å². The Morgan fingerprint density at radius 3 is 2.36 bits per heavy atom. The molecule has 3 heterocycles. The third-order valence-electron chi connectivity index (χ3n) is 7.48. The van der Waals surface area contributed by atoms with Gasteiger partial charge in [0.2, 0.25) is 5.91 Å². The lowest BCUT2D eigenvalue weighted by atomic mass is 9.93. The molecule has 8 nitrogen and oxygen atoms in total. The molecule has 0 spiro atoms. The number of allylic oxidation sites excluding steroid dienone is 2. The van der Waals surface area contributed by atoms with Gasteiger partial charge in [-0.05, 0) is 108 Å². The highest BCUT2D eigenvalue weighted by atomic mass is 79.9. The zero-order chi connectivity index (χ0) is 28.2. The number of rotatable bonds is 7. The maximum absolute atomic E-state index is 13.3. The van der Waals surface area contributed by atoms with Gasteiger partial charge in [-0.1, -0.05) is 28.1 Å². The van der Waals surface area contributed by atoms with Crippen LogP contribution in [0.4, 0.5) is 0 Å². The lowest BCUT2D eigenvalue weighted by Gasteiger charge is -2.38. The van der Waals surface area contributed by atoms with Gasteiger partial charge in [0, 0.05) is 36.1 Å². The van der Waals surface area contributed by atoms with E-state index in [4.69, 9.17) is 16.5 Å². The lowest BCUT2D eigenvalue weighted by Crippen LogP contribution is -2.46. The van der Waals surface area contributed by atoms with Crippen LogP contribution in [-0.4, -0.2) is 64.2 Å². The molecule has 2 saturated heterocycles. The summed E-state index contributed by atoms with van der Waals surface area (Å²) in [7, 11) is 0. The van der Waals surface area contributed by atoms with E-state index < -0.39 is 0 Å². The van der Waals surface area contributed by atoms with Gasteiger partial charge in [-0.2, -0.15) is 0 Å². The molecule has 2 aliphatic heterocycles. The zero-order valence-corrected chi connectivity index (χ0v) is 25.2. The Morgan fingerprint density at radius 2 is 1.77 bits per heavy atom. The number of imidazole rings is 1. The van der Waals surface area contributed by atoms with Crippen LogP contribution in [0.15, 0.2) is 63.9 Å². The van der Waals surface area contributed by atoms with Gasteiger partial charge < -0.3 is 20.9 Å². The minimum Gasteiger partial charge on any atom is -0.405 e. The normalized spacial score (nSPS) is 18.5. The van der Waals surface area contributed by atoms with E-state index in [1.54, 1.807) is 6.20 Å². The predicted molar refractivity (Wildman–Crippen MR) is 165 cm³/mol. The van der Waals surface area contributed by atoms with E-state index in [1.807, 2.05) is 45.2 Å². The fourth-order valence-corrected chi connectivity index (χ4v) is 5.65. The molecule has 1 aromatic heterocycles. The second-order valence-corrected chi connectivity index (χ2v) is 10.9. The Bertz CT molecular complexity index is 1180. The fourth-order valence-electron chi connectivity index (χ4n) is 5.30. The van der Waals surface area contributed by atoms with Gasteiger partial charge in [0.1, 0.15) is 5.82 Å².